The molecule has 0 bridgehead atoms. The van der Waals surface area contributed by atoms with Gasteiger partial charge in [0.1, 0.15) is 6.29 Å². The number of rotatable bonds is 9. The Morgan fingerprint density at radius 2 is 2.00 bits per heavy atom. The molecular weight excluding hydrogens is 298 g/mol. The molecule has 0 aromatic heterocycles. The van der Waals surface area contributed by atoms with E-state index in [4.69, 9.17) is 4.74 Å². The summed E-state index contributed by atoms with van der Waals surface area (Å²) in [5.74, 6) is -0.933. The summed E-state index contributed by atoms with van der Waals surface area (Å²) >= 11 is 0. The Balaban J connectivity index is 2.98. The number of esters is 2. The predicted octanol–water partition coefficient (Wildman–Crippen LogP) is 1.95. The highest BCUT2D eigenvalue weighted by Crippen LogP contribution is 2.15. The number of unbranched alkanes of at least 4 members (excludes halogenated alkanes) is 1. The van der Waals surface area contributed by atoms with Crippen molar-refractivity contribution in [3.8, 4) is 0 Å². The van der Waals surface area contributed by atoms with Crippen LogP contribution >= 0.6 is 0 Å². The van der Waals surface area contributed by atoms with Crippen LogP contribution in [0.1, 0.15) is 35.7 Å². The minimum absolute atomic E-state index is 0.290. The SMILES string of the molecule is CCOC(=O)c1cccc(/C(=C/C(=O)OC)NCCCC=O)c1. The fourth-order valence-electron chi connectivity index (χ4n) is 1.85. The second-order valence-electron chi connectivity index (χ2n) is 4.62. The highest BCUT2D eigenvalue weighted by molar-refractivity contribution is 5.93. The molecule has 1 aromatic carbocycles. The van der Waals surface area contributed by atoms with E-state index in [1.165, 1.54) is 13.2 Å². The summed E-state index contributed by atoms with van der Waals surface area (Å²) in [5.41, 5.74) is 1.58. The second kappa shape index (κ2) is 10.2. The minimum atomic E-state index is -0.510. The molecule has 0 amide bonds. The van der Waals surface area contributed by atoms with E-state index >= 15 is 0 Å². The van der Waals surface area contributed by atoms with Crippen LogP contribution < -0.4 is 5.32 Å². The van der Waals surface area contributed by atoms with Crippen molar-refractivity contribution in [2.75, 3.05) is 20.3 Å². The maximum absolute atomic E-state index is 11.8. The van der Waals surface area contributed by atoms with Crippen molar-refractivity contribution < 1.29 is 23.9 Å². The molecule has 124 valence electrons. The largest absolute Gasteiger partial charge is 0.466 e. The summed E-state index contributed by atoms with van der Waals surface area (Å²) in [6.45, 7) is 2.54. The Kier molecular flexibility index (Phi) is 8.13. The van der Waals surface area contributed by atoms with Crippen LogP contribution in [0.15, 0.2) is 30.3 Å². The van der Waals surface area contributed by atoms with Crippen LogP contribution in [0.2, 0.25) is 0 Å². The smallest absolute Gasteiger partial charge is 0.338 e. The number of carbonyl (C=O) groups is 3. The lowest BCUT2D eigenvalue weighted by Gasteiger charge is -2.12. The van der Waals surface area contributed by atoms with E-state index in [1.807, 2.05) is 0 Å². The Bertz CT molecular complexity index is 580. The van der Waals surface area contributed by atoms with Crippen LogP contribution in [0.3, 0.4) is 0 Å². The van der Waals surface area contributed by atoms with Crippen LogP contribution in [0.4, 0.5) is 0 Å². The topological polar surface area (TPSA) is 81.7 Å². The molecule has 0 atom stereocenters. The first-order valence-corrected chi connectivity index (χ1v) is 7.37. The number of nitrogens with one attached hydrogen (secondary N) is 1. The maximum atomic E-state index is 11.8. The van der Waals surface area contributed by atoms with Gasteiger partial charge < -0.3 is 19.6 Å². The molecule has 0 heterocycles. The van der Waals surface area contributed by atoms with Crippen molar-refractivity contribution in [2.45, 2.75) is 19.8 Å². The third-order valence-electron chi connectivity index (χ3n) is 2.96. The van der Waals surface area contributed by atoms with Gasteiger partial charge in [-0.15, -0.1) is 0 Å². The lowest BCUT2D eigenvalue weighted by molar-refractivity contribution is -0.134. The van der Waals surface area contributed by atoms with Crippen LogP contribution in [-0.4, -0.2) is 38.5 Å². The van der Waals surface area contributed by atoms with Gasteiger partial charge in [0.25, 0.3) is 0 Å². The molecule has 0 fully saturated rings. The first-order valence-electron chi connectivity index (χ1n) is 7.37. The van der Waals surface area contributed by atoms with Crippen molar-refractivity contribution in [1.29, 1.82) is 0 Å². The predicted molar refractivity (Wildman–Crippen MR) is 85.7 cm³/mol. The molecular formula is C17H21NO5. The van der Waals surface area contributed by atoms with E-state index in [9.17, 15) is 14.4 Å². The lowest BCUT2D eigenvalue weighted by Crippen LogP contribution is -2.16. The van der Waals surface area contributed by atoms with Gasteiger partial charge in [-0.05, 0) is 31.0 Å². The molecule has 0 aliphatic carbocycles. The van der Waals surface area contributed by atoms with Gasteiger partial charge in [-0.1, -0.05) is 12.1 Å². The number of benzene rings is 1. The zero-order valence-corrected chi connectivity index (χ0v) is 13.3. The molecule has 0 unspecified atom stereocenters. The third-order valence-corrected chi connectivity index (χ3v) is 2.96. The summed E-state index contributed by atoms with van der Waals surface area (Å²) in [6, 6.07) is 6.76. The molecule has 0 saturated carbocycles. The molecule has 1 aromatic rings. The van der Waals surface area contributed by atoms with Gasteiger partial charge in [-0.3, -0.25) is 0 Å². The number of aldehydes is 1. The van der Waals surface area contributed by atoms with Gasteiger partial charge in [0.15, 0.2) is 0 Å². The molecule has 23 heavy (non-hydrogen) atoms. The van der Waals surface area contributed by atoms with E-state index in [0.717, 1.165) is 6.29 Å². The molecule has 6 nitrogen and oxygen atoms in total. The Labute approximate surface area is 135 Å². The number of hydrogen-bond donors (Lipinski definition) is 1. The molecule has 0 aliphatic rings. The Hall–Kier alpha value is -2.63. The van der Waals surface area contributed by atoms with Crippen molar-refractivity contribution in [3.05, 3.63) is 41.5 Å². The first-order chi connectivity index (χ1) is 11.1. The molecule has 0 saturated heterocycles. The first kappa shape index (κ1) is 18.4. The fraction of sp³-hybridized carbons (Fsp3) is 0.353. The van der Waals surface area contributed by atoms with Crippen molar-refractivity contribution in [2.24, 2.45) is 0 Å². The van der Waals surface area contributed by atoms with Crippen molar-refractivity contribution in [3.63, 3.8) is 0 Å². The monoisotopic (exact) mass is 319 g/mol. The normalized spacial score (nSPS) is 10.8. The van der Waals surface area contributed by atoms with E-state index in [-0.39, 0.29) is 6.61 Å². The van der Waals surface area contributed by atoms with Gasteiger partial charge >= 0.3 is 11.9 Å². The fourth-order valence-corrected chi connectivity index (χ4v) is 1.85. The summed E-state index contributed by atoms with van der Waals surface area (Å²) < 4.78 is 9.61. The quantitative estimate of drug-likeness (QED) is 0.324. The highest BCUT2D eigenvalue weighted by Gasteiger charge is 2.10. The van der Waals surface area contributed by atoms with Crippen LogP contribution in [-0.2, 0) is 19.1 Å². The van der Waals surface area contributed by atoms with E-state index in [0.29, 0.717) is 36.2 Å². The maximum Gasteiger partial charge on any atom is 0.338 e. The van der Waals surface area contributed by atoms with Crippen molar-refractivity contribution >= 4 is 23.9 Å². The molecule has 1 rings (SSSR count). The van der Waals surface area contributed by atoms with E-state index in [1.54, 1.807) is 31.2 Å². The van der Waals surface area contributed by atoms with E-state index < -0.39 is 11.9 Å². The highest BCUT2D eigenvalue weighted by atomic mass is 16.5. The van der Waals surface area contributed by atoms with Crippen molar-refractivity contribution in [1.82, 2.24) is 5.32 Å². The van der Waals surface area contributed by atoms with Gasteiger partial charge in [0.2, 0.25) is 0 Å². The van der Waals surface area contributed by atoms with Gasteiger partial charge in [-0.2, -0.15) is 0 Å². The molecule has 0 spiro atoms. The molecule has 1 N–H and O–H groups in total. The zero-order chi connectivity index (χ0) is 17.1. The average molecular weight is 319 g/mol. The molecule has 0 radical (unpaired) electrons. The van der Waals surface area contributed by atoms with Gasteiger partial charge in [0.05, 0.1) is 19.3 Å². The summed E-state index contributed by atoms with van der Waals surface area (Å²) in [5, 5.41) is 3.08. The van der Waals surface area contributed by atoms with Gasteiger partial charge in [-0.25, -0.2) is 9.59 Å². The van der Waals surface area contributed by atoms with Crippen LogP contribution in [0.25, 0.3) is 5.70 Å². The standard InChI is InChI=1S/C17H21NO5/c1-3-23-17(21)14-8-6-7-13(11-14)15(12-16(20)22-2)18-9-4-5-10-19/h6-8,10-12,18H,3-5,9H2,1-2H3/b15-12-. The number of methoxy groups -OCH3 is 1. The Morgan fingerprint density at radius 1 is 1.26 bits per heavy atom. The molecule has 0 aliphatic heterocycles. The molecule has 6 heteroatoms. The van der Waals surface area contributed by atoms with Crippen LogP contribution in [0.5, 0.6) is 0 Å². The average Bonchev–Trinajstić information content (AvgIpc) is 2.57. The summed E-state index contributed by atoms with van der Waals surface area (Å²) in [7, 11) is 1.29. The van der Waals surface area contributed by atoms with Crippen LogP contribution in [0, 0.1) is 0 Å². The second-order valence-corrected chi connectivity index (χ2v) is 4.62. The summed E-state index contributed by atoms with van der Waals surface area (Å²) in [4.78, 5) is 33.7. The number of hydrogen-bond acceptors (Lipinski definition) is 6. The zero-order valence-electron chi connectivity index (χ0n) is 13.3. The number of ether oxygens (including phenoxy) is 2. The Morgan fingerprint density at radius 3 is 2.65 bits per heavy atom. The van der Waals surface area contributed by atoms with E-state index in [2.05, 4.69) is 10.1 Å². The minimum Gasteiger partial charge on any atom is -0.466 e. The lowest BCUT2D eigenvalue weighted by atomic mass is 10.1. The third kappa shape index (κ3) is 6.34. The number of carbonyl (C=O) groups excluding carboxylic acids is 3. The summed E-state index contributed by atoms with van der Waals surface area (Å²) in [6.07, 6.45) is 3.22. The van der Waals surface area contributed by atoms with Gasteiger partial charge in [0, 0.05) is 24.7 Å².